The average Bonchev–Trinajstić information content (AvgIpc) is 2.75. The lowest BCUT2D eigenvalue weighted by Crippen LogP contribution is -2.38. The maximum Gasteiger partial charge on any atom is 0.416 e. The molecule has 1 amide bonds. The Balaban J connectivity index is 1.99. The highest BCUT2D eigenvalue weighted by Crippen LogP contribution is 2.39. The van der Waals surface area contributed by atoms with Crippen LogP contribution in [-0.4, -0.2) is 23.4 Å². The fraction of sp³-hybridized carbons (Fsp3) is 0.360. The van der Waals surface area contributed by atoms with Gasteiger partial charge in [0, 0.05) is 22.5 Å². The zero-order valence-corrected chi connectivity index (χ0v) is 20.2. The number of amides is 1. The summed E-state index contributed by atoms with van der Waals surface area (Å²) in [6.45, 7) is 5.98. The number of alkyl halides is 3. The van der Waals surface area contributed by atoms with E-state index in [1.807, 2.05) is 38.1 Å². The zero-order valence-electron chi connectivity index (χ0n) is 18.6. The SMILES string of the molecule is CC1=C(C(=O)OCC(C)C)C(c2ccc(C(F)(F)F)cc2)CC(=O)N1Cc1ccc(Br)cc1. The molecule has 1 unspecified atom stereocenters. The van der Waals surface area contributed by atoms with Gasteiger partial charge in [-0.1, -0.05) is 54.0 Å². The second-order valence-electron chi connectivity index (χ2n) is 8.47. The van der Waals surface area contributed by atoms with E-state index in [0.29, 0.717) is 16.8 Å². The van der Waals surface area contributed by atoms with Crippen molar-refractivity contribution in [3.63, 3.8) is 0 Å². The number of halogens is 4. The maximum absolute atomic E-state index is 13.1. The number of hydrogen-bond donors (Lipinski definition) is 0. The molecule has 3 rings (SSSR count). The van der Waals surface area contributed by atoms with E-state index in [2.05, 4.69) is 15.9 Å². The Labute approximate surface area is 199 Å². The average molecular weight is 524 g/mol. The number of carbonyl (C=O) groups is 2. The van der Waals surface area contributed by atoms with Crippen molar-refractivity contribution in [1.29, 1.82) is 0 Å². The van der Waals surface area contributed by atoms with E-state index in [-0.39, 0.29) is 31.4 Å². The molecule has 0 aliphatic carbocycles. The molecule has 0 bridgehead atoms. The van der Waals surface area contributed by atoms with Crippen LogP contribution in [0.15, 0.2) is 64.3 Å². The summed E-state index contributed by atoms with van der Waals surface area (Å²) in [6, 6.07) is 12.1. The minimum Gasteiger partial charge on any atom is -0.462 e. The molecule has 176 valence electrons. The van der Waals surface area contributed by atoms with Gasteiger partial charge < -0.3 is 9.64 Å². The maximum atomic E-state index is 13.1. The number of esters is 1. The highest BCUT2D eigenvalue weighted by Gasteiger charge is 2.38. The van der Waals surface area contributed by atoms with Crippen LogP contribution in [0.25, 0.3) is 0 Å². The van der Waals surface area contributed by atoms with Crippen molar-refractivity contribution < 1.29 is 27.5 Å². The Morgan fingerprint density at radius 1 is 1.12 bits per heavy atom. The molecule has 1 aliphatic heterocycles. The molecule has 0 radical (unpaired) electrons. The second kappa shape index (κ2) is 10.1. The summed E-state index contributed by atoms with van der Waals surface area (Å²) in [5.41, 5.74) is 1.32. The smallest absolute Gasteiger partial charge is 0.416 e. The van der Waals surface area contributed by atoms with Crippen molar-refractivity contribution in [1.82, 2.24) is 4.90 Å². The number of benzene rings is 2. The van der Waals surface area contributed by atoms with E-state index >= 15 is 0 Å². The summed E-state index contributed by atoms with van der Waals surface area (Å²) in [5.74, 6) is -1.33. The number of nitrogens with zero attached hydrogens (tertiary/aromatic N) is 1. The van der Waals surface area contributed by atoms with Gasteiger partial charge in [0.2, 0.25) is 5.91 Å². The van der Waals surface area contributed by atoms with Gasteiger partial charge in [0.1, 0.15) is 0 Å². The number of allylic oxidation sites excluding steroid dienone is 1. The molecule has 0 aromatic heterocycles. The normalized spacial score (nSPS) is 17.0. The summed E-state index contributed by atoms with van der Waals surface area (Å²) >= 11 is 3.38. The van der Waals surface area contributed by atoms with Gasteiger partial charge in [0.15, 0.2) is 0 Å². The molecule has 2 aromatic carbocycles. The summed E-state index contributed by atoms with van der Waals surface area (Å²) in [5, 5.41) is 0. The second-order valence-corrected chi connectivity index (χ2v) is 9.39. The molecule has 8 heteroatoms. The first kappa shape index (κ1) is 25.0. The molecule has 0 saturated heterocycles. The lowest BCUT2D eigenvalue weighted by Gasteiger charge is -2.34. The number of hydrogen-bond acceptors (Lipinski definition) is 3. The summed E-state index contributed by atoms with van der Waals surface area (Å²) < 4.78 is 45.4. The lowest BCUT2D eigenvalue weighted by atomic mass is 9.83. The monoisotopic (exact) mass is 523 g/mol. The van der Waals surface area contributed by atoms with E-state index in [1.54, 1.807) is 6.92 Å². The molecule has 1 heterocycles. The predicted octanol–water partition coefficient (Wildman–Crippen LogP) is 6.46. The Morgan fingerprint density at radius 2 is 1.73 bits per heavy atom. The van der Waals surface area contributed by atoms with Crippen molar-refractivity contribution in [2.45, 2.75) is 45.8 Å². The lowest BCUT2D eigenvalue weighted by molar-refractivity contribution is -0.141. The number of ether oxygens (including phenoxy) is 1. The Hall–Kier alpha value is -2.61. The van der Waals surface area contributed by atoms with Crippen LogP contribution >= 0.6 is 15.9 Å². The van der Waals surface area contributed by atoms with E-state index < -0.39 is 23.6 Å². The fourth-order valence-electron chi connectivity index (χ4n) is 3.75. The van der Waals surface area contributed by atoms with E-state index in [4.69, 9.17) is 4.74 Å². The first-order chi connectivity index (χ1) is 15.5. The third-order valence-corrected chi connectivity index (χ3v) is 6.01. The van der Waals surface area contributed by atoms with Crippen molar-refractivity contribution in [2.24, 2.45) is 5.92 Å². The summed E-state index contributed by atoms with van der Waals surface area (Å²) in [7, 11) is 0. The van der Waals surface area contributed by atoms with Crippen molar-refractivity contribution in [2.75, 3.05) is 6.61 Å². The van der Waals surface area contributed by atoms with Crippen LogP contribution < -0.4 is 0 Å². The van der Waals surface area contributed by atoms with Gasteiger partial charge in [-0.05, 0) is 48.2 Å². The standard InChI is InChI=1S/C25H25BrF3NO3/c1-15(2)14-33-24(32)23-16(3)30(13-17-4-10-20(26)11-5-17)22(31)12-21(23)18-6-8-19(9-7-18)25(27,28)29/h4-11,15,21H,12-14H2,1-3H3. The Bertz CT molecular complexity index is 1040. The summed E-state index contributed by atoms with van der Waals surface area (Å²) in [4.78, 5) is 27.7. The van der Waals surface area contributed by atoms with Crippen LogP contribution in [0.1, 0.15) is 49.8 Å². The minimum atomic E-state index is -4.47. The molecular weight excluding hydrogens is 499 g/mol. The molecule has 0 fully saturated rings. The van der Waals surface area contributed by atoms with E-state index in [0.717, 1.165) is 22.2 Å². The quantitative estimate of drug-likeness (QED) is 0.408. The molecule has 33 heavy (non-hydrogen) atoms. The van der Waals surface area contributed by atoms with Crippen molar-refractivity contribution in [3.05, 3.63) is 81.0 Å². The summed E-state index contributed by atoms with van der Waals surface area (Å²) in [6.07, 6.45) is -4.50. The van der Waals surface area contributed by atoms with Gasteiger partial charge >= 0.3 is 12.1 Å². The molecule has 4 nitrogen and oxygen atoms in total. The molecule has 1 aliphatic rings. The molecule has 0 saturated carbocycles. The van der Waals surface area contributed by atoms with Crippen LogP contribution in [0.5, 0.6) is 0 Å². The predicted molar refractivity (Wildman–Crippen MR) is 122 cm³/mol. The number of carbonyl (C=O) groups excluding carboxylic acids is 2. The van der Waals surface area contributed by atoms with Crippen LogP contribution in [0, 0.1) is 5.92 Å². The Morgan fingerprint density at radius 3 is 2.27 bits per heavy atom. The minimum absolute atomic E-state index is 0.0364. The van der Waals surface area contributed by atoms with E-state index in [1.165, 1.54) is 17.0 Å². The first-order valence-corrected chi connectivity index (χ1v) is 11.4. The molecule has 2 aromatic rings. The zero-order chi connectivity index (χ0) is 24.3. The van der Waals surface area contributed by atoms with Crippen LogP contribution in [0.2, 0.25) is 0 Å². The van der Waals surface area contributed by atoms with Gasteiger partial charge in [0.25, 0.3) is 0 Å². The van der Waals surface area contributed by atoms with Crippen LogP contribution in [0.4, 0.5) is 13.2 Å². The highest BCUT2D eigenvalue weighted by atomic mass is 79.9. The number of rotatable bonds is 6. The van der Waals surface area contributed by atoms with E-state index in [9.17, 15) is 22.8 Å². The Kier molecular flexibility index (Phi) is 7.67. The first-order valence-electron chi connectivity index (χ1n) is 10.6. The van der Waals surface area contributed by atoms with Crippen molar-refractivity contribution in [3.8, 4) is 0 Å². The fourth-order valence-corrected chi connectivity index (χ4v) is 4.01. The molecule has 0 spiro atoms. The largest absolute Gasteiger partial charge is 0.462 e. The van der Waals surface area contributed by atoms with Gasteiger partial charge in [0.05, 0.1) is 24.3 Å². The molecule has 1 atom stereocenters. The van der Waals surface area contributed by atoms with Gasteiger partial charge in [-0.2, -0.15) is 13.2 Å². The van der Waals surface area contributed by atoms with Crippen LogP contribution in [0.3, 0.4) is 0 Å². The molecule has 0 N–H and O–H groups in total. The topological polar surface area (TPSA) is 46.6 Å². The van der Waals surface area contributed by atoms with Gasteiger partial charge in [-0.25, -0.2) is 4.79 Å². The third kappa shape index (κ3) is 6.05. The van der Waals surface area contributed by atoms with Crippen LogP contribution in [-0.2, 0) is 27.0 Å². The third-order valence-electron chi connectivity index (χ3n) is 5.48. The van der Waals surface area contributed by atoms with Gasteiger partial charge in [-0.3, -0.25) is 4.79 Å². The van der Waals surface area contributed by atoms with Crippen molar-refractivity contribution >= 4 is 27.8 Å². The molecular formula is C25H25BrF3NO3. The highest BCUT2D eigenvalue weighted by molar-refractivity contribution is 9.10. The van der Waals surface area contributed by atoms with Gasteiger partial charge in [-0.15, -0.1) is 0 Å².